The SMILES string of the molecule is O=C(O)COCCNC(=O)N1CCOCC1CO. The molecule has 2 amide bonds. The van der Waals surface area contributed by atoms with Gasteiger partial charge in [-0.25, -0.2) is 9.59 Å². The molecule has 0 aliphatic carbocycles. The van der Waals surface area contributed by atoms with Crippen LogP contribution < -0.4 is 5.32 Å². The van der Waals surface area contributed by atoms with Gasteiger partial charge in [-0.1, -0.05) is 0 Å². The molecule has 3 N–H and O–H groups in total. The summed E-state index contributed by atoms with van der Waals surface area (Å²) in [6.45, 7) is 1.01. The third-order valence-corrected chi connectivity index (χ3v) is 2.45. The zero-order valence-electron chi connectivity index (χ0n) is 10.0. The molecule has 0 aromatic carbocycles. The maximum absolute atomic E-state index is 11.7. The Morgan fingerprint density at radius 3 is 2.94 bits per heavy atom. The molecule has 0 aromatic heterocycles. The van der Waals surface area contributed by atoms with Gasteiger partial charge in [0.25, 0.3) is 0 Å². The molecule has 18 heavy (non-hydrogen) atoms. The average Bonchev–Trinajstić information content (AvgIpc) is 2.37. The van der Waals surface area contributed by atoms with E-state index >= 15 is 0 Å². The highest BCUT2D eigenvalue weighted by molar-refractivity contribution is 5.74. The maximum atomic E-state index is 11.7. The van der Waals surface area contributed by atoms with Crippen molar-refractivity contribution >= 4 is 12.0 Å². The molecule has 1 aliphatic heterocycles. The number of aliphatic hydroxyl groups is 1. The third-order valence-electron chi connectivity index (χ3n) is 2.45. The lowest BCUT2D eigenvalue weighted by Crippen LogP contribution is -2.54. The van der Waals surface area contributed by atoms with E-state index in [0.717, 1.165) is 0 Å². The molecule has 0 aromatic rings. The Balaban J connectivity index is 2.20. The van der Waals surface area contributed by atoms with Gasteiger partial charge in [0.05, 0.1) is 32.5 Å². The smallest absolute Gasteiger partial charge is 0.329 e. The van der Waals surface area contributed by atoms with Crippen molar-refractivity contribution in [2.45, 2.75) is 6.04 Å². The fourth-order valence-electron chi connectivity index (χ4n) is 1.56. The van der Waals surface area contributed by atoms with Gasteiger partial charge in [-0.15, -0.1) is 0 Å². The number of rotatable bonds is 6. The van der Waals surface area contributed by atoms with Gasteiger partial charge in [0.15, 0.2) is 0 Å². The number of morpholine rings is 1. The Bertz CT molecular complexity index is 286. The largest absolute Gasteiger partial charge is 0.480 e. The van der Waals surface area contributed by atoms with Gasteiger partial charge >= 0.3 is 12.0 Å². The fourth-order valence-corrected chi connectivity index (χ4v) is 1.56. The van der Waals surface area contributed by atoms with Crippen LogP contribution in [0.2, 0.25) is 0 Å². The molecule has 104 valence electrons. The Morgan fingerprint density at radius 1 is 1.50 bits per heavy atom. The summed E-state index contributed by atoms with van der Waals surface area (Å²) < 4.78 is 9.93. The summed E-state index contributed by atoms with van der Waals surface area (Å²) in [5.41, 5.74) is 0. The van der Waals surface area contributed by atoms with Crippen LogP contribution in [0, 0.1) is 0 Å². The van der Waals surface area contributed by atoms with E-state index in [1.54, 1.807) is 0 Å². The number of ether oxygens (including phenoxy) is 2. The molecule has 1 atom stereocenters. The van der Waals surface area contributed by atoms with Crippen LogP contribution in [0.15, 0.2) is 0 Å². The number of carboxylic acids is 1. The summed E-state index contributed by atoms with van der Waals surface area (Å²) in [7, 11) is 0. The van der Waals surface area contributed by atoms with Gasteiger partial charge in [-0.05, 0) is 0 Å². The van der Waals surface area contributed by atoms with Crippen molar-refractivity contribution in [1.29, 1.82) is 0 Å². The van der Waals surface area contributed by atoms with Crippen LogP contribution in [0.5, 0.6) is 0 Å². The second kappa shape index (κ2) is 7.85. The summed E-state index contributed by atoms with van der Waals surface area (Å²) in [6, 6.07) is -0.644. The molecule has 0 saturated carbocycles. The molecule has 1 fully saturated rings. The van der Waals surface area contributed by atoms with Gasteiger partial charge in [0, 0.05) is 13.1 Å². The lowest BCUT2D eigenvalue weighted by molar-refractivity contribution is -0.142. The van der Waals surface area contributed by atoms with Crippen LogP contribution in [-0.4, -0.2) is 79.3 Å². The number of urea groups is 1. The molecule has 1 aliphatic rings. The number of carbonyl (C=O) groups excluding carboxylic acids is 1. The molecule has 0 spiro atoms. The standard InChI is InChI=1S/C10H18N2O6/c13-5-8-6-18-4-2-12(8)10(16)11-1-3-17-7-9(14)15/h8,13H,1-7H2,(H,11,16)(H,14,15). The zero-order valence-corrected chi connectivity index (χ0v) is 10.0. The number of hydrogen-bond acceptors (Lipinski definition) is 5. The molecule has 1 saturated heterocycles. The molecular formula is C10H18N2O6. The predicted molar refractivity (Wildman–Crippen MR) is 60.3 cm³/mol. The minimum Gasteiger partial charge on any atom is -0.480 e. The molecule has 8 nitrogen and oxygen atoms in total. The van der Waals surface area contributed by atoms with Crippen molar-refractivity contribution in [2.75, 3.05) is 46.1 Å². The quantitative estimate of drug-likeness (QED) is 0.502. The first-order valence-corrected chi connectivity index (χ1v) is 5.67. The second-order valence-electron chi connectivity index (χ2n) is 3.78. The van der Waals surface area contributed by atoms with E-state index in [1.807, 2.05) is 0 Å². The van der Waals surface area contributed by atoms with Crippen molar-refractivity contribution in [3.05, 3.63) is 0 Å². The summed E-state index contributed by atoms with van der Waals surface area (Å²) in [5.74, 6) is -1.05. The summed E-state index contributed by atoms with van der Waals surface area (Å²) in [4.78, 5) is 23.4. The Morgan fingerprint density at radius 2 is 2.28 bits per heavy atom. The number of carboxylic acid groups (broad SMARTS) is 1. The normalized spacial score (nSPS) is 19.6. The molecule has 1 rings (SSSR count). The van der Waals surface area contributed by atoms with Crippen LogP contribution in [0.1, 0.15) is 0 Å². The van der Waals surface area contributed by atoms with E-state index in [-0.39, 0.29) is 38.4 Å². The van der Waals surface area contributed by atoms with Crippen LogP contribution in [-0.2, 0) is 14.3 Å². The Hall–Kier alpha value is -1.38. The van der Waals surface area contributed by atoms with E-state index in [2.05, 4.69) is 5.32 Å². The molecule has 1 unspecified atom stereocenters. The monoisotopic (exact) mass is 262 g/mol. The number of carbonyl (C=O) groups is 2. The maximum Gasteiger partial charge on any atom is 0.329 e. The van der Waals surface area contributed by atoms with Crippen molar-refractivity contribution in [1.82, 2.24) is 10.2 Å². The van der Waals surface area contributed by atoms with Crippen molar-refractivity contribution in [3.63, 3.8) is 0 Å². The molecule has 0 radical (unpaired) electrons. The summed E-state index contributed by atoms with van der Waals surface area (Å²) in [5, 5.41) is 20.0. The van der Waals surface area contributed by atoms with Gasteiger partial charge in [0.1, 0.15) is 6.61 Å². The van der Waals surface area contributed by atoms with Gasteiger partial charge in [-0.2, -0.15) is 0 Å². The number of amides is 2. The van der Waals surface area contributed by atoms with Crippen LogP contribution >= 0.6 is 0 Å². The number of nitrogens with zero attached hydrogens (tertiary/aromatic N) is 1. The minimum atomic E-state index is -1.05. The molecule has 0 bridgehead atoms. The minimum absolute atomic E-state index is 0.131. The number of hydrogen-bond donors (Lipinski definition) is 3. The van der Waals surface area contributed by atoms with Crippen molar-refractivity contribution in [3.8, 4) is 0 Å². The third kappa shape index (κ3) is 4.86. The van der Waals surface area contributed by atoms with E-state index in [4.69, 9.17) is 19.7 Å². The highest BCUT2D eigenvalue weighted by Crippen LogP contribution is 2.06. The van der Waals surface area contributed by atoms with Crippen LogP contribution in [0.3, 0.4) is 0 Å². The number of nitrogens with one attached hydrogen (secondary N) is 1. The first kappa shape index (κ1) is 14.7. The topological polar surface area (TPSA) is 108 Å². The summed E-state index contributed by atoms with van der Waals surface area (Å²) >= 11 is 0. The molecule has 1 heterocycles. The van der Waals surface area contributed by atoms with Gasteiger partial charge < -0.3 is 29.9 Å². The molecule has 8 heteroatoms. The van der Waals surface area contributed by atoms with Crippen LogP contribution in [0.25, 0.3) is 0 Å². The predicted octanol–water partition coefficient (Wildman–Crippen LogP) is -1.51. The van der Waals surface area contributed by atoms with E-state index < -0.39 is 5.97 Å². The number of aliphatic hydroxyl groups excluding tert-OH is 1. The highest BCUT2D eigenvalue weighted by Gasteiger charge is 2.26. The van der Waals surface area contributed by atoms with Crippen LogP contribution in [0.4, 0.5) is 4.79 Å². The first-order chi connectivity index (χ1) is 8.65. The lowest BCUT2D eigenvalue weighted by Gasteiger charge is -2.34. The lowest BCUT2D eigenvalue weighted by atomic mass is 10.2. The van der Waals surface area contributed by atoms with E-state index in [0.29, 0.717) is 19.8 Å². The fraction of sp³-hybridized carbons (Fsp3) is 0.800. The first-order valence-electron chi connectivity index (χ1n) is 5.67. The number of aliphatic carboxylic acids is 1. The second-order valence-corrected chi connectivity index (χ2v) is 3.78. The summed E-state index contributed by atoms with van der Waals surface area (Å²) in [6.07, 6.45) is 0. The average molecular weight is 262 g/mol. The van der Waals surface area contributed by atoms with Crippen molar-refractivity contribution in [2.24, 2.45) is 0 Å². The zero-order chi connectivity index (χ0) is 13.4. The Kier molecular flexibility index (Phi) is 6.40. The Labute approximate surface area is 104 Å². The highest BCUT2D eigenvalue weighted by atomic mass is 16.5. The van der Waals surface area contributed by atoms with Crippen molar-refractivity contribution < 1.29 is 29.3 Å². The van der Waals surface area contributed by atoms with Gasteiger partial charge in [0.2, 0.25) is 0 Å². The molecular weight excluding hydrogens is 244 g/mol. The van der Waals surface area contributed by atoms with Gasteiger partial charge in [-0.3, -0.25) is 0 Å². The van der Waals surface area contributed by atoms with E-state index in [1.165, 1.54) is 4.90 Å². The van der Waals surface area contributed by atoms with E-state index in [9.17, 15) is 9.59 Å².